The molecule has 0 saturated heterocycles. The molecule has 6 atom stereocenters. The summed E-state index contributed by atoms with van der Waals surface area (Å²) in [4.78, 5) is 50.6. The Morgan fingerprint density at radius 2 is 1.77 bits per heavy atom. The Bertz CT molecular complexity index is 1150. The van der Waals surface area contributed by atoms with Crippen LogP contribution in [-0.4, -0.2) is 74.4 Å². The molecule has 0 aromatic carbocycles. The van der Waals surface area contributed by atoms with Crippen molar-refractivity contribution in [3.05, 3.63) is 58.6 Å². The minimum atomic E-state index is -1.00. The highest BCUT2D eigenvalue weighted by Gasteiger charge is 2.34. The lowest BCUT2D eigenvalue weighted by molar-refractivity contribution is -0.120. The number of hydrogen-bond acceptors (Lipinski definition) is 9. The summed E-state index contributed by atoms with van der Waals surface area (Å²) in [6.45, 7) is 6.92. The number of nitrogens with one attached hydrogen (secondary N) is 1. The number of hydrogen-bond donors (Lipinski definition) is 3. The number of fused-ring (bicyclic) bond motifs is 2. The van der Waals surface area contributed by atoms with Gasteiger partial charge in [-0.3, -0.25) is 14.4 Å². The zero-order valence-corrected chi connectivity index (χ0v) is 24.1. The molecule has 11 nitrogen and oxygen atoms in total. The first-order chi connectivity index (χ1) is 18.8. The fourth-order valence-electron chi connectivity index (χ4n) is 4.78. The highest BCUT2D eigenvalue weighted by molar-refractivity contribution is 6.23. The molecule has 0 spiro atoms. The lowest BCUT2D eigenvalue weighted by Crippen LogP contribution is -2.37. The third kappa shape index (κ3) is 8.23. The first-order valence-corrected chi connectivity index (χ1v) is 13.0. The molecular weight excluding hydrogens is 520 g/mol. The zero-order chi connectivity index (χ0) is 30.1. The van der Waals surface area contributed by atoms with Crippen molar-refractivity contribution in [3.63, 3.8) is 0 Å². The zero-order valence-electron chi connectivity index (χ0n) is 24.1. The monoisotopic (exact) mass is 560 g/mol. The van der Waals surface area contributed by atoms with Gasteiger partial charge in [0.2, 0.25) is 11.6 Å². The number of Topliss-reactive ketones (excluding diaryl/α,β-unsaturated/α-hetero) is 1. The van der Waals surface area contributed by atoms with Crippen molar-refractivity contribution in [1.29, 1.82) is 0 Å². The number of aliphatic hydroxyl groups excluding tert-OH is 1. The number of primary amides is 1. The number of nitrogens with two attached hydrogens (primary N) is 1. The Morgan fingerprint density at radius 1 is 1.10 bits per heavy atom. The van der Waals surface area contributed by atoms with Crippen molar-refractivity contribution in [2.24, 2.45) is 17.6 Å². The van der Waals surface area contributed by atoms with Gasteiger partial charge < -0.3 is 35.1 Å². The molecule has 4 N–H and O–H groups in total. The highest BCUT2D eigenvalue weighted by atomic mass is 16.6. The lowest BCUT2D eigenvalue weighted by Gasteiger charge is -2.29. The average molecular weight is 561 g/mol. The van der Waals surface area contributed by atoms with E-state index >= 15 is 0 Å². The quantitative estimate of drug-likeness (QED) is 0.346. The van der Waals surface area contributed by atoms with Crippen LogP contribution in [0.15, 0.2) is 58.6 Å². The number of carbonyl (C=O) groups excluding carboxylic acids is 4. The molecule has 0 aromatic rings. The maximum Gasteiger partial charge on any atom is 0.405 e. The molecule has 40 heavy (non-hydrogen) atoms. The molecule has 2 bridgehead atoms. The molecule has 0 saturated carbocycles. The number of amides is 2. The van der Waals surface area contributed by atoms with Crippen LogP contribution in [0.4, 0.5) is 4.79 Å². The van der Waals surface area contributed by atoms with Crippen LogP contribution < -0.4 is 11.1 Å². The Morgan fingerprint density at radius 3 is 2.35 bits per heavy atom. The highest BCUT2D eigenvalue weighted by Crippen LogP contribution is 2.29. The van der Waals surface area contributed by atoms with E-state index in [0.29, 0.717) is 12.0 Å². The molecule has 2 rings (SSSR count). The average Bonchev–Trinajstić information content (AvgIpc) is 2.90. The van der Waals surface area contributed by atoms with E-state index in [1.165, 1.54) is 34.3 Å². The first kappa shape index (κ1) is 32.7. The van der Waals surface area contributed by atoms with E-state index in [2.05, 4.69) is 5.32 Å². The van der Waals surface area contributed by atoms with Crippen LogP contribution >= 0.6 is 0 Å². The van der Waals surface area contributed by atoms with Crippen LogP contribution in [0.1, 0.15) is 40.5 Å². The minimum absolute atomic E-state index is 0.0801. The molecule has 220 valence electrons. The van der Waals surface area contributed by atoms with Crippen molar-refractivity contribution in [1.82, 2.24) is 5.32 Å². The van der Waals surface area contributed by atoms with E-state index in [1.54, 1.807) is 32.1 Å². The molecular formula is C29H40N2O9. The number of allylic oxidation sites excluding steroid dienone is 4. The van der Waals surface area contributed by atoms with Crippen LogP contribution in [0.25, 0.3) is 0 Å². The lowest BCUT2D eigenvalue weighted by atomic mass is 9.85. The maximum atomic E-state index is 13.3. The summed E-state index contributed by atoms with van der Waals surface area (Å²) in [5, 5.41) is 13.7. The minimum Gasteiger partial charge on any atom is -0.492 e. The number of carbonyl (C=O) groups is 4. The van der Waals surface area contributed by atoms with Crippen molar-refractivity contribution in [2.45, 2.75) is 65.0 Å². The molecule has 1 aliphatic heterocycles. The third-order valence-corrected chi connectivity index (χ3v) is 6.95. The van der Waals surface area contributed by atoms with Crippen molar-refractivity contribution in [3.8, 4) is 0 Å². The molecule has 1 aliphatic carbocycles. The van der Waals surface area contributed by atoms with E-state index in [1.807, 2.05) is 6.92 Å². The van der Waals surface area contributed by atoms with Crippen LogP contribution in [0.5, 0.6) is 0 Å². The van der Waals surface area contributed by atoms with E-state index < -0.39 is 53.9 Å². The molecule has 2 amide bonds. The van der Waals surface area contributed by atoms with Gasteiger partial charge >= 0.3 is 6.09 Å². The van der Waals surface area contributed by atoms with Crippen LogP contribution in [0, 0.1) is 11.8 Å². The molecule has 0 radical (unpaired) electrons. The largest absolute Gasteiger partial charge is 0.492 e. The van der Waals surface area contributed by atoms with Gasteiger partial charge in [0.15, 0.2) is 11.9 Å². The van der Waals surface area contributed by atoms with Gasteiger partial charge in [-0.15, -0.1) is 0 Å². The van der Waals surface area contributed by atoms with Crippen LogP contribution in [0.2, 0.25) is 0 Å². The van der Waals surface area contributed by atoms with Gasteiger partial charge in [-0.2, -0.15) is 0 Å². The third-order valence-electron chi connectivity index (χ3n) is 6.95. The Hall–Kier alpha value is -3.54. The van der Waals surface area contributed by atoms with Gasteiger partial charge in [-0.25, -0.2) is 4.79 Å². The normalized spacial score (nSPS) is 30.6. The van der Waals surface area contributed by atoms with E-state index in [4.69, 9.17) is 24.7 Å². The van der Waals surface area contributed by atoms with E-state index in [0.717, 1.165) is 6.08 Å². The summed E-state index contributed by atoms with van der Waals surface area (Å²) in [5.74, 6) is -2.39. The molecule has 1 unspecified atom stereocenters. The molecule has 0 aromatic heterocycles. The van der Waals surface area contributed by atoms with Crippen molar-refractivity contribution < 1.29 is 43.2 Å². The Balaban J connectivity index is 2.60. The number of methoxy groups -OCH3 is 3. The van der Waals surface area contributed by atoms with Gasteiger partial charge in [0.25, 0.3) is 5.91 Å². The van der Waals surface area contributed by atoms with Gasteiger partial charge in [0.1, 0.15) is 6.10 Å². The number of rotatable bonds is 4. The second kappa shape index (κ2) is 14.7. The summed E-state index contributed by atoms with van der Waals surface area (Å²) in [6.07, 6.45) is 3.61. The summed E-state index contributed by atoms with van der Waals surface area (Å²) in [6, 6.07) is 0. The summed E-state index contributed by atoms with van der Waals surface area (Å²) >= 11 is 0. The van der Waals surface area contributed by atoms with E-state index in [9.17, 15) is 24.3 Å². The van der Waals surface area contributed by atoms with Crippen molar-refractivity contribution >= 4 is 23.6 Å². The smallest absolute Gasteiger partial charge is 0.405 e. The second-order valence-electron chi connectivity index (χ2n) is 10.1. The molecule has 0 fully saturated rings. The maximum absolute atomic E-state index is 13.3. The first-order valence-electron chi connectivity index (χ1n) is 13.0. The Labute approximate surface area is 234 Å². The van der Waals surface area contributed by atoms with Crippen LogP contribution in [0.3, 0.4) is 0 Å². The topological polar surface area (TPSA) is 163 Å². The fraction of sp³-hybridized carbons (Fsp3) is 0.517. The fourth-order valence-corrected chi connectivity index (χ4v) is 4.78. The van der Waals surface area contributed by atoms with Gasteiger partial charge in [0.05, 0.1) is 25.0 Å². The van der Waals surface area contributed by atoms with Gasteiger partial charge in [-0.1, -0.05) is 38.2 Å². The second-order valence-corrected chi connectivity index (χ2v) is 10.1. The van der Waals surface area contributed by atoms with E-state index in [-0.39, 0.29) is 34.9 Å². The number of aliphatic hydroxyl groups is 1. The summed E-state index contributed by atoms with van der Waals surface area (Å²) in [5.41, 5.74) is 6.12. The summed E-state index contributed by atoms with van der Waals surface area (Å²) < 4.78 is 21.7. The standard InChI is InChI=1S/C29H40N2O9/c1-15-11-19-25(34)20(14-21(32)27(19)39-7)31-28(35)16(2)9-8-10-22(37-5)26(40-29(30)36)18(4)13-17(3)24(33)23(12-15)38-6/h8-10,13-15,17,22-24,26,33H,11-12H2,1-7H3,(H2,30,36)(H,31,35)/b10-8?,16-9?,18-13-/t15-,17-,22-,23?,24+,26-/m1/s1. The number of ether oxygens (including phenoxy) is 4. The number of ketones is 2. The molecule has 11 heteroatoms. The van der Waals surface area contributed by atoms with Crippen molar-refractivity contribution in [2.75, 3.05) is 21.3 Å². The molecule has 2 aliphatic rings. The van der Waals surface area contributed by atoms with Gasteiger partial charge in [0, 0.05) is 37.4 Å². The SMILES string of the molecule is COC1=C2C[C@@H](C)CC(OC)[C@@H](O)[C@H](C)/C=C(/C)[C@@H](OC(N)=O)[C@H](OC)C=CC=C(C)C(=O)NC(=CC1=O)C2=O. The Kier molecular flexibility index (Phi) is 12.0. The van der Waals surface area contributed by atoms with Gasteiger partial charge in [-0.05, 0) is 38.2 Å². The summed E-state index contributed by atoms with van der Waals surface area (Å²) in [7, 11) is 4.21. The predicted molar refractivity (Wildman–Crippen MR) is 147 cm³/mol. The predicted octanol–water partition coefficient (Wildman–Crippen LogP) is 2.41. The van der Waals surface area contributed by atoms with Crippen LogP contribution in [-0.2, 0) is 33.3 Å². The molecule has 1 heterocycles.